The Morgan fingerprint density at radius 1 is 0.923 bits per heavy atom. The second kappa shape index (κ2) is 12.2. The quantitative estimate of drug-likeness (QED) is 0.157. The molecule has 0 spiro atoms. The average Bonchev–Trinajstić information content (AvgIpc) is 1.59. The van der Waals surface area contributed by atoms with Crippen LogP contribution < -0.4 is 59.1 Å². The molecule has 0 radical (unpaired) electrons. The normalized spacial score (nSPS) is 13.5. The molecule has 0 aromatic heterocycles. The predicted octanol–water partition coefficient (Wildman–Crippen LogP) is -7.99. The van der Waals surface area contributed by atoms with Crippen molar-refractivity contribution >= 4 is 30.6 Å². The summed E-state index contributed by atoms with van der Waals surface area (Å²) < 4.78 is 67.7. The van der Waals surface area contributed by atoms with Crippen LogP contribution in [-0.4, -0.2) is 35.0 Å². The van der Waals surface area contributed by atoms with E-state index in [1.165, 1.54) is 0 Å². The van der Waals surface area contributed by atoms with E-state index < -0.39 is 30.6 Å². The van der Waals surface area contributed by atoms with Crippen LogP contribution >= 0.6 is 0 Å². The fourth-order valence-electron chi connectivity index (χ4n) is 0. The number of hydrogen-bond acceptors (Lipinski definition) is 6. The zero-order chi connectivity index (χ0) is 9.65. The molecule has 8 nitrogen and oxygen atoms in total. The van der Waals surface area contributed by atoms with Gasteiger partial charge in [-0.05, 0) is 0 Å². The van der Waals surface area contributed by atoms with Crippen LogP contribution in [0.2, 0.25) is 0 Å². The first kappa shape index (κ1) is 24.4. The largest absolute Gasteiger partial charge is 1.00 e. The summed E-state index contributed by atoms with van der Waals surface area (Å²) in [7, 11) is -10.3. The molecule has 0 aromatic carbocycles. The molecular formula is H2Na2O8S3. The maximum atomic E-state index is 9.26. The molecule has 0 saturated carbocycles. The van der Waals surface area contributed by atoms with Gasteiger partial charge in [-0.2, -0.15) is 0 Å². The van der Waals surface area contributed by atoms with Crippen LogP contribution in [0.15, 0.2) is 0 Å². The summed E-state index contributed by atoms with van der Waals surface area (Å²) in [5.41, 5.74) is 0. The SMILES string of the molecule is O=S(=O)([O-])[O-].O=S(O)S(=O)O.[Na+].[Na+]. The number of hydrogen-bond donors (Lipinski definition) is 2. The summed E-state index contributed by atoms with van der Waals surface area (Å²) in [6, 6.07) is 0. The van der Waals surface area contributed by atoms with E-state index in [0.29, 0.717) is 0 Å². The molecule has 0 fully saturated rings. The third-order valence-corrected chi connectivity index (χ3v) is 1.10. The molecule has 70 valence electrons. The Bertz CT molecular complexity index is 220. The van der Waals surface area contributed by atoms with Crippen molar-refractivity contribution in [3.05, 3.63) is 0 Å². The van der Waals surface area contributed by atoms with Gasteiger partial charge in [-0.25, -0.2) is 8.42 Å². The maximum Gasteiger partial charge on any atom is 1.00 e. The molecule has 2 N–H and O–H groups in total. The monoisotopic (exact) mass is 272 g/mol. The second-order valence-electron chi connectivity index (χ2n) is 0.842. The first-order valence-electron chi connectivity index (χ1n) is 1.53. The van der Waals surface area contributed by atoms with Crippen molar-refractivity contribution in [1.82, 2.24) is 0 Å². The van der Waals surface area contributed by atoms with Crippen molar-refractivity contribution in [3.63, 3.8) is 0 Å². The van der Waals surface area contributed by atoms with Crippen molar-refractivity contribution < 1.29 is 94.2 Å². The van der Waals surface area contributed by atoms with Crippen LogP contribution in [0.4, 0.5) is 0 Å². The molecule has 0 aliphatic rings. The molecule has 0 saturated heterocycles. The summed E-state index contributed by atoms with van der Waals surface area (Å²) in [6.07, 6.45) is 0. The Morgan fingerprint density at radius 2 is 1.00 bits per heavy atom. The first-order chi connectivity index (χ1) is 4.64. The second-order valence-corrected chi connectivity index (χ2v) is 4.24. The van der Waals surface area contributed by atoms with E-state index >= 15 is 0 Å². The third-order valence-electron chi connectivity index (χ3n) is 0.122. The van der Waals surface area contributed by atoms with Crippen molar-refractivity contribution in [3.8, 4) is 0 Å². The van der Waals surface area contributed by atoms with Crippen LogP contribution in [-0.2, 0) is 30.6 Å². The molecule has 2 atom stereocenters. The summed E-state index contributed by atoms with van der Waals surface area (Å²) in [5, 5.41) is 0. The minimum atomic E-state index is -5.17. The minimum Gasteiger partial charge on any atom is -0.759 e. The Hall–Kier alpha value is 2.09. The van der Waals surface area contributed by atoms with Gasteiger partial charge in [0.1, 0.15) is 0 Å². The van der Waals surface area contributed by atoms with Gasteiger partial charge >= 0.3 is 59.1 Å². The Balaban J connectivity index is -0.0000000546. The molecule has 0 aromatic rings. The van der Waals surface area contributed by atoms with Gasteiger partial charge in [0.05, 0.1) is 0 Å². The first-order valence-corrected chi connectivity index (χ1v) is 5.60. The molecule has 0 bridgehead atoms. The van der Waals surface area contributed by atoms with Crippen molar-refractivity contribution in [1.29, 1.82) is 0 Å². The zero-order valence-corrected chi connectivity index (χ0v) is 13.0. The summed E-state index contributed by atoms with van der Waals surface area (Å²) in [5.74, 6) is 0. The van der Waals surface area contributed by atoms with E-state index in [4.69, 9.17) is 26.6 Å². The van der Waals surface area contributed by atoms with Gasteiger partial charge < -0.3 is 9.11 Å². The van der Waals surface area contributed by atoms with E-state index in [1.807, 2.05) is 0 Å². The van der Waals surface area contributed by atoms with Crippen LogP contribution in [0.3, 0.4) is 0 Å². The standard InChI is InChI=1S/2Na.H2O4S2.H2O4S/c;;1-5(2)6(3)4;1-5(2,3)4/h;;(H,1,2)(H,3,4);(H2,1,2,3,4)/q2*+1;;/p-2. The fraction of sp³-hybridized carbons (Fsp3) is 0. The summed E-state index contributed by atoms with van der Waals surface area (Å²) in [4.78, 5) is 0. The summed E-state index contributed by atoms with van der Waals surface area (Å²) >= 11 is 0. The maximum absolute atomic E-state index is 9.26. The molecule has 0 aliphatic heterocycles. The molecular weight excluding hydrogens is 270 g/mol. The molecule has 2 unspecified atom stereocenters. The van der Waals surface area contributed by atoms with E-state index in [9.17, 15) is 8.42 Å². The topological polar surface area (TPSA) is 155 Å². The molecule has 0 aliphatic carbocycles. The van der Waals surface area contributed by atoms with Gasteiger partial charge in [-0.15, -0.1) is 0 Å². The van der Waals surface area contributed by atoms with E-state index in [1.54, 1.807) is 0 Å². The molecule has 0 amide bonds. The predicted molar refractivity (Wildman–Crippen MR) is 32.0 cm³/mol. The van der Waals surface area contributed by atoms with Gasteiger partial charge in [0.25, 0.3) is 20.2 Å². The summed E-state index contributed by atoms with van der Waals surface area (Å²) in [6.45, 7) is 0. The van der Waals surface area contributed by atoms with Crippen LogP contribution in [0.25, 0.3) is 0 Å². The van der Waals surface area contributed by atoms with Gasteiger partial charge in [-0.3, -0.25) is 17.5 Å². The van der Waals surface area contributed by atoms with Gasteiger partial charge in [0.2, 0.25) is 0 Å². The van der Waals surface area contributed by atoms with E-state index in [2.05, 4.69) is 0 Å². The van der Waals surface area contributed by atoms with Gasteiger partial charge in [0.15, 0.2) is 0 Å². The number of rotatable bonds is 1. The molecule has 0 heterocycles. The molecule has 13 heavy (non-hydrogen) atoms. The van der Waals surface area contributed by atoms with E-state index in [-0.39, 0.29) is 59.1 Å². The Morgan fingerprint density at radius 3 is 1.00 bits per heavy atom. The van der Waals surface area contributed by atoms with Crippen LogP contribution in [0, 0.1) is 0 Å². The zero-order valence-electron chi connectivity index (χ0n) is 6.57. The molecule has 0 rings (SSSR count). The smallest absolute Gasteiger partial charge is 0.759 e. The van der Waals surface area contributed by atoms with Crippen LogP contribution in [0.5, 0.6) is 0 Å². The van der Waals surface area contributed by atoms with Crippen LogP contribution in [0.1, 0.15) is 0 Å². The Kier molecular flexibility index (Phi) is 22.8. The molecule has 13 heteroatoms. The van der Waals surface area contributed by atoms with Crippen molar-refractivity contribution in [2.24, 2.45) is 0 Å². The third kappa shape index (κ3) is 55.5. The van der Waals surface area contributed by atoms with Crippen molar-refractivity contribution in [2.75, 3.05) is 0 Å². The minimum absolute atomic E-state index is 0. The van der Waals surface area contributed by atoms with Crippen molar-refractivity contribution in [2.45, 2.75) is 0 Å². The average molecular weight is 272 g/mol. The Labute approximate surface area is 123 Å². The fourth-order valence-corrected chi connectivity index (χ4v) is 0. The van der Waals surface area contributed by atoms with Gasteiger partial charge in [-0.1, -0.05) is 0 Å². The van der Waals surface area contributed by atoms with E-state index in [0.717, 1.165) is 0 Å². The van der Waals surface area contributed by atoms with Gasteiger partial charge in [0, 0.05) is 10.4 Å².